The standard InChI is InChI=1S/C21H18ClN3O3S/c1-15(25-29(26,27)20-9-6-18(12-23)21(22)11-20)17-4-7-19(8-5-17)28-14-16-3-2-10-24-13-16/h2-11,13,15,25H,14H2,1H3. The zero-order chi connectivity index (χ0) is 20.9. The summed E-state index contributed by atoms with van der Waals surface area (Å²) in [6, 6.07) is 16.4. The summed E-state index contributed by atoms with van der Waals surface area (Å²) in [5.41, 5.74) is 1.96. The lowest BCUT2D eigenvalue weighted by Crippen LogP contribution is -2.26. The van der Waals surface area contributed by atoms with Crippen molar-refractivity contribution in [2.75, 3.05) is 0 Å². The third-order valence-electron chi connectivity index (χ3n) is 4.21. The molecule has 1 heterocycles. The van der Waals surface area contributed by atoms with E-state index in [9.17, 15) is 8.42 Å². The van der Waals surface area contributed by atoms with E-state index in [1.54, 1.807) is 43.6 Å². The van der Waals surface area contributed by atoms with Gasteiger partial charge >= 0.3 is 0 Å². The Kier molecular flexibility index (Phi) is 6.49. The van der Waals surface area contributed by atoms with E-state index in [1.807, 2.05) is 18.2 Å². The van der Waals surface area contributed by atoms with Crippen molar-refractivity contribution >= 4 is 21.6 Å². The van der Waals surface area contributed by atoms with Crippen molar-refractivity contribution in [3.8, 4) is 11.8 Å². The smallest absolute Gasteiger partial charge is 0.241 e. The number of aromatic nitrogens is 1. The molecular formula is C21H18ClN3O3S. The first kappa shape index (κ1) is 20.8. The molecule has 1 N–H and O–H groups in total. The van der Waals surface area contributed by atoms with Crippen LogP contribution in [0.5, 0.6) is 5.75 Å². The van der Waals surface area contributed by atoms with Gasteiger partial charge in [0.05, 0.1) is 15.5 Å². The molecule has 2 aromatic carbocycles. The number of nitrogens with zero attached hydrogens (tertiary/aromatic N) is 2. The average Bonchev–Trinajstić information content (AvgIpc) is 2.73. The topological polar surface area (TPSA) is 92.1 Å². The summed E-state index contributed by atoms with van der Waals surface area (Å²) < 4.78 is 33.5. The number of hydrogen-bond acceptors (Lipinski definition) is 5. The Morgan fingerprint density at radius 3 is 2.59 bits per heavy atom. The minimum Gasteiger partial charge on any atom is -0.489 e. The van der Waals surface area contributed by atoms with Gasteiger partial charge in [-0.3, -0.25) is 4.98 Å². The molecular weight excluding hydrogens is 410 g/mol. The minimum atomic E-state index is -3.79. The van der Waals surface area contributed by atoms with Gasteiger partial charge < -0.3 is 4.74 Å². The van der Waals surface area contributed by atoms with Crippen LogP contribution in [0.15, 0.2) is 71.9 Å². The van der Waals surface area contributed by atoms with Crippen LogP contribution >= 0.6 is 11.6 Å². The van der Waals surface area contributed by atoms with E-state index in [1.165, 1.54) is 18.2 Å². The van der Waals surface area contributed by atoms with Crippen molar-refractivity contribution < 1.29 is 13.2 Å². The van der Waals surface area contributed by atoms with Crippen molar-refractivity contribution in [3.63, 3.8) is 0 Å². The molecule has 0 aliphatic carbocycles. The first-order valence-corrected chi connectivity index (χ1v) is 10.6. The number of nitriles is 1. The predicted molar refractivity (Wildman–Crippen MR) is 110 cm³/mol. The third-order valence-corrected chi connectivity index (χ3v) is 6.06. The first-order chi connectivity index (χ1) is 13.9. The summed E-state index contributed by atoms with van der Waals surface area (Å²) >= 11 is 5.95. The van der Waals surface area contributed by atoms with Crippen molar-refractivity contribution in [1.82, 2.24) is 9.71 Å². The monoisotopic (exact) mass is 427 g/mol. The predicted octanol–water partition coefficient (Wildman–Crippen LogP) is 4.23. The quantitative estimate of drug-likeness (QED) is 0.609. The van der Waals surface area contributed by atoms with Gasteiger partial charge in [0, 0.05) is 24.0 Å². The van der Waals surface area contributed by atoms with Crippen LogP contribution in [0.2, 0.25) is 5.02 Å². The van der Waals surface area contributed by atoms with Crippen LogP contribution in [0.1, 0.15) is 29.7 Å². The second-order valence-electron chi connectivity index (χ2n) is 6.32. The third kappa shape index (κ3) is 5.33. The molecule has 0 saturated heterocycles. The van der Waals surface area contributed by atoms with Gasteiger partial charge in [-0.1, -0.05) is 29.8 Å². The molecule has 0 bridgehead atoms. The lowest BCUT2D eigenvalue weighted by Gasteiger charge is -2.16. The Hall–Kier alpha value is -2.92. The van der Waals surface area contributed by atoms with Crippen molar-refractivity contribution in [3.05, 3.63) is 88.7 Å². The van der Waals surface area contributed by atoms with E-state index in [0.717, 1.165) is 11.1 Å². The number of halogens is 1. The van der Waals surface area contributed by atoms with Gasteiger partial charge in [-0.2, -0.15) is 5.26 Å². The Bertz CT molecular complexity index is 1130. The second kappa shape index (κ2) is 9.05. The molecule has 6 nitrogen and oxygen atoms in total. The van der Waals surface area contributed by atoms with Crippen LogP contribution in [0.4, 0.5) is 0 Å². The molecule has 3 rings (SSSR count). The van der Waals surface area contributed by atoms with Gasteiger partial charge in [0.1, 0.15) is 18.4 Å². The molecule has 0 spiro atoms. The number of pyridine rings is 1. The number of benzene rings is 2. The molecule has 1 atom stereocenters. The number of sulfonamides is 1. The largest absolute Gasteiger partial charge is 0.489 e. The molecule has 148 valence electrons. The molecule has 8 heteroatoms. The number of hydrogen-bond donors (Lipinski definition) is 1. The Balaban J connectivity index is 1.66. The molecule has 0 radical (unpaired) electrons. The molecule has 0 saturated carbocycles. The SMILES string of the molecule is CC(NS(=O)(=O)c1ccc(C#N)c(Cl)c1)c1ccc(OCc2cccnc2)cc1. The van der Waals surface area contributed by atoms with Crippen molar-refractivity contribution in [1.29, 1.82) is 5.26 Å². The summed E-state index contributed by atoms with van der Waals surface area (Å²) in [7, 11) is -3.79. The normalized spacial score (nSPS) is 12.2. The Morgan fingerprint density at radius 1 is 1.21 bits per heavy atom. The van der Waals surface area contributed by atoms with Crippen LogP contribution in [-0.2, 0) is 16.6 Å². The van der Waals surface area contributed by atoms with E-state index in [4.69, 9.17) is 21.6 Å². The number of rotatable bonds is 7. The van der Waals surface area contributed by atoms with Crippen LogP contribution in [0, 0.1) is 11.3 Å². The molecule has 1 unspecified atom stereocenters. The van der Waals surface area contributed by atoms with E-state index in [-0.39, 0.29) is 15.5 Å². The van der Waals surface area contributed by atoms with Gasteiger partial charge in [0.2, 0.25) is 10.0 Å². The maximum atomic E-state index is 12.6. The highest BCUT2D eigenvalue weighted by atomic mass is 35.5. The van der Waals surface area contributed by atoms with Crippen LogP contribution < -0.4 is 9.46 Å². The molecule has 1 aromatic heterocycles. The van der Waals surface area contributed by atoms with E-state index in [0.29, 0.717) is 12.4 Å². The molecule has 0 fully saturated rings. The maximum Gasteiger partial charge on any atom is 0.241 e. The molecule has 0 amide bonds. The zero-order valence-corrected chi connectivity index (χ0v) is 17.1. The Morgan fingerprint density at radius 2 is 1.97 bits per heavy atom. The highest BCUT2D eigenvalue weighted by Crippen LogP contribution is 2.23. The second-order valence-corrected chi connectivity index (χ2v) is 8.44. The molecule has 0 aliphatic heterocycles. The van der Waals surface area contributed by atoms with E-state index >= 15 is 0 Å². The molecule has 3 aromatic rings. The Labute approximate surface area is 174 Å². The van der Waals surface area contributed by atoms with Gasteiger partial charge in [-0.05, 0) is 48.9 Å². The fourth-order valence-electron chi connectivity index (χ4n) is 2.63. The summed E-state index contributed by atoms with van der Waals surface area (Å²) in [6.45, 7) is 2.14. The zero-order valence-electron chi connectivity index (χ0n) is 15.5. The summed E-state index contributed by atoms with van der Waals surface area (Å²) in [4.78, 5) is 4.04. The van der Waals surface area contributed by atoms with E-state index in [2.05, 4.69) is 9.71 Å². The van der Waals surface area contributed by atoms with Crippen molar-refractivity contribution in [2.24, 2.45) is 0 Å². The fourth-order valence-corrected chi connectivity index (χ4v) is 4.17. The van der Waals surface area contributed by atoms with Gasteiger partial charge in [0.25, 0.3) is 0 Å². The van der Waals surface area contributed by atoms with Crippen LogP contribution in [0.25, 0.3) is 0 Å². The molecule has 29 heavy (non-hydrogen) atoms. The van der Waals surface area contributed by atoms with Crippen LogP contribution in [0.3, 0.4) is 0 Å². The van der Waals surface area contributed by atoms with Gasteiger partial charge in [-0.25, -0.2) is 13.1 Å². The summed E-state index contributed by atoms with van der Waals surface area (Å²) in [5.74, 6) is 0.673. The fraction of sp³-hybridized carbons (Fsp3) is 0.143. The lowest BCUT2D eigenvalue weighted by atomic mass is 10.1. The number of ether oxygens (including phenoxy) is 1. The van der Waals surface area contributed by atoms with Gasteiger partial charge in [0.15, 0.2) is 0 Å². The summed E-state index contributed by atoms with van der Waals surface area (Å²) in [5, 5.41) is 9.01. The van der Waals surface area contributed by atoms with Crippen LogP contribution in [-0.4, -0.2) is 13.4 Å². The van der Waals surface area contributed by atoms with Crippen molar-refractivity contribution in [2.45, 2.75) is 24.5 Å². The molecule has 0 aliphatic rings. The van der Waals surface area contributed by atoms with E-state index < -0.39 is 16.1 Å². The highest BCUT2D eigenvalue weighted by Gasteiger charge is 2.19. The minimum absolute atomic E-state index is 0.00442. The van der Waals surface area contributed by atoms with Gasteiger partial charge in [-0.15, -0.1) is 0 Å². The highest BCUT2D eigenvalue weighted by molar-refractivity contribution is 7.89. The maximum absolute atomic E-state index is 12.6. The lowest BCUT2D eigenvalue weighted by molar-refractivity contribution is 0.305. The summed E-state index contributed by atoms with van der Waals surface area (Å²) in [6.07, 6.45) is 3.44. The number of nitrogens with one attached hydrogen (secondary N) is 1. The first-order valence-electron chi connectivity index (χ1n) is 8.73. The average molecular weight is 428 g/mol.